The molecule has 1 aromatic heterocycles. The Morgan fingerprint density at radius 2 is 2.12 bits per heavy atom. The van der Waals surface area contributed by atoms with Crippen LogP contribution < -0.4 is 5.32 Å². The summed E-state index contributed by atoms with van der Waals surface area (Å²) in [7, 11) is 0. The molecule has 0 bridgehead atoms. The van der Waals surface area contributed by atoms with Crippen LogP contribution in [0.3, 0.4) is 0 Å². The van der Waals surface area contributed by atoms with Gasteiger partial charge < -0.3 is 5.32 Å². The van der Waals surface area contributed by atoms with E-state index in [0.29, 0.717) is 21.5 Å². The van der Waals surface area contributed by atoms with Crippen molar-refractivity contribution in [1.82, 2.24) is 9.97 Å². The SMILES string of the molecule is N#Cc1ccccc1Nc1nc(Cl)ncc1Br. The zero-order valence-corrected chi connectivity index (χ0v) is 10.8. The van der Waals surface area contributed by atoms with Gasteiger partial charge in [0.05, 0.1) is 15.7 Å². The van der Waals surface area contributed by atoms with Crippen LogP contribution in [0, 0.1) is 11.3 Å². The molecule has 4 nitrogen and oxygen atoms in total. The highest BCUT2D eigenvalue weighted by molar-refractivity contribution is 9.10. The van der Waals surface area contributed by atoms with Crippen molar-refractivity contribution in [2.75, 3.05) is 5.32 Å². The molecule has 0 radical (unpaired) electrons. The first-order chi connectivity index (χ1) is 8.20. The number of rotatable bonds is 2. The molecular weight excluding hydrogens is 304 g/mol. The fourth-order valence-corrected chi connectivity index (χ4v) is 1.67. The Bertz CT molecular complexity index is 594. The van der Waals surface area contributed by atoms with E-state index >= 15 is 0 Å². The number of anilines is 2. The summed E-state index contributed by atoms with van der Waals surface area (Å²) in [6, 6.07) is 9.24. The van der Waals surface area contributed by atoms with Crippen LogP contribution in [0.15, 0.2) is 34.9 Å². The van der Waals surface area contributed by atoms with Gasteiger partial charge in [0, 0.05) is 6.20 Å². The number of nitrogens with one attached hydrogen (secondary N) is 1. The minimum atomic E-state index is 0.144. The number of nitrogens with zero attached hydrogens (tertiary/aromatic N) is 3. The molecule has 0 aliphatic heterocycles. The van der Waals surface area contributed by atoms with E-state index in [2.05, 4.69) is 37.3 Å². The van der Waals surface area contributed by atoms with Crippen LogP contribution in [0.4, 0.5) is 11.5 Å². The van der Waals surface area contributed by atoms with Gasteiger partial charge in [-0.3, -0.25) is 0 Å². The van der Waals surface area contributed by atoms with Gasteiger partial charge in [0.25, 0.3) is 0 Å². The second-order valence-electron chi connectivity index (χ2n) is 3.12. The lowest BCUT2D eigenvalue weighted by Gasteiger charge is -2.08. The maximum Gasteiger partial charge on any atom is 0.224 e. The Balaban J connectivity index is 2.38. The van der Waals surface area contributed by atoms with Gasteiger partial charge in [-0.25, -0.2) is 4.98 Å². The van der Waals surface area contributed by atoms with E-state index in [4.69, 9.17) is 16.9 Å². The molecule has 1 heterocycles. The van der Waals surface area contributed by atoms with Crippen molar-refractivity contribution in [3.8, 4) is 6.07 Å². The van der Waals surface area contributed by atoms with E-state index in [1.807, 2.05) is 6.07 Å². The van der Waals surface area contributed by atoms with Crippen LogP contribution in [0.1, 0.15) is 5.56 Å². The molecule has 0 spiro atoms. The van der Waals surface area contributed by atoms with Gasteiger partial charge in [0.2, 0.25) is 5.28 Å². The van der Waals surface area contributed by atoms with Crippen molar-refractivity contribution in [2.24, 2.45) is 0 Å². The highest BCUT2D eigenvalue weighted by atomic mass is 79.9. The molecular formula is C11H6BrClN4. The van der Waals surface area contributed by atoms with E-state index in [9.17, 15) is 0 Å². The lowest BCUT2D eigenvalue weighted by molar-refractivity contribution is 1.15. The monoisotopic (exact) mass is 308 g/mol. The number of benzene rings is 1. The minimum absolute atomic E-state index is 0.144. The van der Waals surface area contributed by atoms with Gasteiger partial charge in [-0.1, -0.05) is 12.1 Å². The Morgan fingerprint density at radius 1 is 1.35 bits per heavy atom. The summed E-state index contributed by atoms with van der Waals surface area (Å²) < 4.78 is 0.676. The summed E-state index contributed by atoms with van der Waals surface area (Å²) in [5.41, 5.74) is 1.21. The van der Waals surface area contributed by atoms with Gasteiger partial charge in [-0.2, -0.15) is 10.2 Å². The third-order valence-corrected chi connectivity index (χ3v) is 2.78. The number of hydrogen-bond acceptors (Lipinski definition) is 4. The smallest absolute Gasteiger partial charge is 0.224 e. The molecule has 1 N–H and O–H groups in total. The molecule has 17 heavy (non-hydrogen) atoms. The highest BCUT2D eigenvalue weighted by Crippen LogP contribution is 2.25. The van der Waals surface area contributed by atoms with Crippen molar-refractivity contribution in [3.63, 3.8) is 0 Å². The molecule has 0 atom stereocenters. The maximum absolute atomic E-state index is 8.96. The molecule has 0 aliphatic carbocycles. The van der Waals surface area contributed by atoms with E-state index in [1.54, 1.807) is 24.4 Å². The van der Waals surface area contributed by atoms with Gasteiger partial charge in [-0.05, 0) is 39.7 Å². The first-order valence-corrected chi connectivity index (χ1v) is 5.82. The van der Waals surface area contributed by atoms with E-state index in [0.717, 1.165) is 0 Å². The summed E-state index contributed by atoms with van der Waals surface area (Å²) >= 11 is 9.01. The normalized spacial score (nSPS) is 9.71. The van der Waals surface area contributed by atoms with Crippen LogP contribution in [-0.2, 0) is 0 Å². The molecule has 6 heteroatoms. The van der Waals surface area contributed by atoms with Crippen molar-refractivity contribution in [2.45, 2.75) is 0 Å². The third-order valence-electron chi connectivity index (χ3n) is 2.02. The second kappa shape index (κ2) is 5.13. The lowest BCUT2D eigenvalue weighted by Crippen LogP contribution is -1.98. The van der Waals surface area contributed by atoms with Gasteiger partial charge in [0.1, 0.15) is 11.9 Å². The standard InChI is InChI=1S/C11H6BrClN4/c12-8-6-15-11(13)17-10(8)16-9-4-2-1-3-7(9)5-14/h1-4,6H,(H,15,16,17). The molecule has 0 unspecified atom stereocenters. The quantitative estimate of drug-likeness (QED) is 0.862. The highest BCUT2D eigenvalue weighted by Gasteiger charge is 2.06. The van der Waals surface area contributed by atoms with Gasteiger partial charge >= 0.3 is 0 Å². The number of para-hydroxylation sites is 1. The molecule has 84 valence electrons. The Morgan fingerprint density at radius 3 is 2.88 bits per heavy atom. The summed E-state index contributed by atoms with van der Waals surface area (Å²) in [4.78, 5) is 7.86. The summed E-state index contributed by atoms with van der Waals surface area (Å²) in [5.74, 6) is 0.521. The Labute approximate surface area is 111 Å². The molecule has 1 aromatic carbocycles. The molecule has 0 saturated carbocycles. The first-order valence-electron chi connectivity index (χ1n) is 4.65. The minimum Gasteiger partial charge on any atom is -0.338 e. The number of nitriles is 1. The number of aromatic nitrogens is 2. The molecule has 0 amide bonds. The molecule has 2 aromatic rings. The van der Waals surface area contributed by atoms with E-state index in [-0.39, 0.29) is 5.28 Å². The number of hydrogen-bond donors (Lipinski definition) is 1. The van der Waals surface area contributed by atoms with E-state index < -0.39 is 0 Å². The van der Waals surface area contributed by atoms with Crippen LogP contribution in [0.25, 0.3) is 0 Å². The molecule has 0 aliphatic rings. The van der Waals surface area contributed by atoms with Gasteiger partial charge in [-0.15, -0.1) is 0 Å². The fourth-order valence-electron chi connectivity index (χ4n) is 1.25. The predicted octanol–water partition coefficient (Wildman–Crippen LogP) is 3.51. The fraction of sp³-hybridized carbons (Fsp3) is 0. The van der Waals surface area contributed by atoms with Crippen molar-refractivity contribution in [3.05, 3.63) is 45.8 Å². The molecule has 0 fully saturated rings. The largest absolute Gasteiger partial charge is 0.338 e. The second-order valence-corrected chi connectivity index (χ2v) is 4.31. The third kappa shape index (κ3) is 2.73. The topological polar surface area (TPSA) is 61.6 Å². The average molecular weight is 310 g/mol. The zero-order valence-electron chi connectivity index (χ0n) is 8.48. The summed E-state index contributed by atoms with van der Waals surface area (Å²) in [6.45, 7) is 0. The average Bonchev–Trinajstić information content (AvgIpc) is 2.34. The molecule has 2 rings (SSSR count). The van der Waals surface area contributed by atoms with Crippen LogP contribution in [0.2, 0.25) is 5.28 Å². The van der Waals surface area contributed by atoms with Gasteiger partial charge in [0.15, 0.2) is 0 Å². The Hall–Kier alpha value is -1.64. The van der Waals surface area contributed by atoms with Crippen LogP contribution in [0.5, 0.6) is 0 Å². The van der Waals surface area contributed by atoms with Crippen molar-refractivity contribution in [1.29, 1.82) is 5.26 Å². The van der Waals surface area contributed by atoms with Crippen LogP contribution >= 0.6 is 27.5 Å². The van der Waals surface area contributed by atoms with Crippen LogP contribution in [-0.4, -0.2) is 9.97 Å². The van der Waals surface area contributed by atoms with Crippen molar-refractivity contribution < 1.29 is 0 Å². The maximum atomic E-state index is 8.96. The zero-order chi connectivity index (χ0) is 12.3. The summed E-state index contributed by atoms with van der Waals surface area (Å²) in [5, 5.41) is 12.1. The first kappa shape index (κ1) is 11.8. The number of halogens is 2. The predicted molar refractivity (Wildman–Crippen MR) is 69.2 cm³/mol. The molecule has 0 saturated heterocycles. The summed E-state index contributed by atoms with van der Waals surface area (Å²) in [6.07, 6.45) is 1.55. The Kier molecular flexibility index (Phi) is 3.57. The van der Waals surface area contributed by atoms with Crippen molar-refractivity contribution >= 4 is 39.0 Å². The van der Waals surface area contributed by atoms with E-state index in [1.165, 1.54) is 0 Å². The lowest BCUT2D eigenvalue weighted by atomic mass is 10.2.